The molecule has 1 amide bonds. The summed E-state index contributed by atoms with van der Waals surface area (Å²) < 4.78 is 0. The van der Waals surface area contributed by atoms with Crippen LogP contribution in [0.2, 0.25) is 0 Å². The molecule has 0 saturated heterocycles. The second kappa shape index (κ2) is 6.73. The summed E-state index contributed by atoms with van der Waals surface area (Å²) in [5, 5.41) is 6.49. The molecule has 4 bridgehead atoms. The molecule has 0 spiro atoms. The molecular weight excluding hydrogens is 352 g/mol. The summed E-state index contributed by atoms with van der Waals surface area (Å²) in [5.41, 5.74) is 3.47. The topological polar surface area (TPSA) is 42.0 Å². The summed E-state index contributed by atoms with van der Waals surface area (Å²) in [6.45, 7) is 2.78. The van der Waals surface area contributed by atoms with Crippen molar-refractivity contribution >= 4 is 17.2 Å². The van der Waals surface area contributed by atoms with Crippen molar-refractivity contribution in [3.63, 3.8) is 0 Å². The molecule has 0 atom stereocenters. The number of amides is 1. The zero-order valence-electron chi connectivity index (χ0n) is 16.0. The van der Waals surface area contributed by atoms with E-state index in [4.69, 9.17) is 0 Å². The minimum absolute atomic E-state index is 0.0267. The molecule has 142 valence electrons. The average molecular weight is 381 g/mol. The van der Waals surface area contributed by atoms with E-state index in [1.54, 1.807) is 11.3 Å². The van der Waals surface area contributed by atoms with Crippen LogP contribution in [0.1, 0.15) is 49.1 Å². The molecular formula is C23H28N2OS. The summed E-state index contributed by atoms with van der Waals surface area (Å²) >= 11 is 1.69. The first-order valence-corrected chi connectivity index (χ1v) is 11.3. The molecule has 1 aromatic carbocycles. The van der Waals surface area contributed by atoms with Gasteiger partial charge >= 0.3 is 0 Å². The fourth-order valence-electron chi connectivity index (χ4n) is 6.23. The summed E-state index contributed by atoms with van der Waals surface area (Å²) in [4.78, 5) is 17.6. The van der Waals surface area contributed by atoms with E-state index in [-0.39, 0.29) is 5.41 Å². The van der Waals surface area contributed by atoms with E-state index >= 15 is 0 Å². The van der Waals surface area contributed by atoms with Crippen LogP contribution in [0.3, 0.4) is 0 Å². The molecule has 1 aromatic heterocycles. The van der Waals surface area contributed by atoms with Crippen molar-refractivity contribution in [3.8, 4) is 11.3 Å². The van der Waals surface area contributed by atoms with Crippen molar-refractivity contribution < 1.29 is 4.79 Å². The molecule has 6 rings (SSSR count). The third-order valence-electron chi connectivity index (χ3n) is 7.09. The molecule has 2 aromatic rings. The number of rotatable bonds is 5. The number of nitrogens with zero attached hydrogens (tertiary/aromatic N) is 1. The van der Waals surface area contributed by atoms with Gasteiger partial charge in [0.05, 0.1) is 10.7 Å². The highest BCUT2D eigenvalue weighted by Crippen LogP contribution is 2.60. The average Bonchev–Trinajstić information content (AvgIpc) is 3.07. The molecule has 1 N–H and O–H groups in total. The fourth-order valence-corrected chi connectivity index (χ4v) is 6.86. The van der Waals surface area contributed by atoms with Crippen molar-refractivity contribution in [2.45, 2.75) is 51.9 Å². The molecule has 4 saturated carbocycles. The lowest BCUT2D eigenvalue weighted by Gasteiger charge is -2.55. The molecule has 0 radical (unpaired) electrons. The quantitative estimate of drug-likeness (QED) is 0.794. The molecule has 0 aliphatic heterocycles. The van der Waals surface area contributed by atoms with Gasteiger partial charge in [-0.3, -0.25) is 4.79 Å². The number of carbonyl (C=O) groups is 1. The molecule has 4 heteroatoms. The Kier molecular flexibility index (Phi) is 4.34. The van der Waals surface area contributed by atoms with Gasteiger partial charge in [-0.25, -0.2) is 4.98 Å². The van der Waals surface area contributed by atoms with Crippen molar-refractivity contribution in [3.05, 3.63) is 40.2 Å². The summed E-state index contributed by atoms with van der Waals surface area (Å²) in [5.74, 6) is 2.81. The highest BCUT2D eigenvalue weighted by Gasteiger charge is 2.54. The SMILES string of the molecule is Cc1nc(-c2ccc(CCNC(=O)C34CC5CC(CC(C5)C3)C4)cc2)cs1. The Morgan fingerprint density at radius 3 is 2.30 bits per heavy atom. The minimum Gasteiger partial charge on any atom is -0.355 e. The van der Waals surface area contributed by atoms with Gasteiger partial charge in [0.15, 0.2) is 0 Å². The van der Waals surface area contributed by atoms with E-state index in [1.807, 2.05) is 6.92 Å². The predicted octanol–water partition coefficient (Wildman–Crippen LogP) is 4.99. The van der Waals surface area contributed by atoms with Gasteiger partial charge in [-0.15, -0.1) is 11.3 Å². The Labute approximate surface area is 165 Å². The van der Waals surface area contributed by atoms with Crippen molar-refractivity contribution in [1.29, 1.82) is 0 Å². The zero-order valence-corrected chi connectivity index (χ0v) is 16.9. The third-order valence-corrected chi connectivity index (χ3v) is 7.86. The Balaban J connectivity index is 1.17. The molecule has 4 aliphatic carbocycles. The van der Waals surface area contributed by atoms with Gasteiger partial charge in [-0.05, 0) is 75.2 Å². The molecule has 0 unspecified atom stereocenters. The zero-order chi connectivity index (χ0) is 18.4. The number of benzene rings is 1. The molecule has 4 fully saturated rings. The van der Waals surface area contributed by atoms with E-state index in [1.165, 1.54) is 30.4 Å². The first-order valence-electron chi connectivity index (χ1n) is 10.4. The number of hydrogen-bond donors (Lipinski definition) is 1. The lowest BCUT2D eigenvalue weighted by atomic mass is 9.49. The lowest BCUT2D eigenvalue weighted by Crippen LogP contribution is -2.53. The number of aromatic nitrogens is 1. The van der Waals surface area contributed by atoms with E-state index in [0.29, 0.717) is 5.91 Å². The molecule has 3 nitrogen and oxygen atoms in total. The Hall–Kier alpha value is -1.68. The molecule has 27 heavy (non-hydrogen) atoms. The van der Waals surface area contributed by atoms with Crippen LogP contribution in [-0.2, 0) is 11.2 Å². The lowest BCUT2D eigenvalue weighted by molar-refractivity contribution is -0.146. The van der Waals surface area contributed by atoms with Gasteiger partial charge in [0.2, 0.25) is 5.91 Å². The smallest absolute Gasteiger partial charge is 0.226 e. The summed E-state index contributed by atoms with van der Waals surface area (Å²) in [6.07, 6.45) is 8.49. The molecule has 1 heterocycles. The van der Waals surface area contributed by atoms with Crippen LogP contribution in [-0.4, -0.2) is 17.4 Å². The predicted molar refractivity (Wildman–Crippen MR) is 110 cm³/mol. The van der Waals surface area contributed by atoms with Gasteiger partial charge in [-0.1, -0.05) is 24.3 Å². The van der Waals surface area contributed by atoms with Crippen LogP contribution in [0.5, 0.6) is 0 Å². The maximum absolute atomic E-state index is 13.0. The Morgan fingerprint density at radius 2 is 1.74 bits per heavy atom. The highest BCUT2D eigenvalue weighted by atomic mass is 32.1. The van der Waals surface area contributed by atoms with Gasteiger partial charge in [0, 0.05) is 22.9 Å². The minimum atomic E-state index is -0.0267. The number of hydrogen-bond acceptors (Lipinski definition) is 3. The van der Waals surface area contributed by atoms with Crippen LogP contribution >= 0.6 is 11.3 Å². The highest BCUT2D eigenvalue weighted by molar-refractivity contribution is 7.09. The number of thiazole rings is 1. The summed E-state index contributed by atoms with van der Waals surface area (Å²) in [6, 6.07) is 8.62. The number of carbonyl (C=O) groups excluding carboxylic acids is 1. The van der Waals surface area contributed by atoms with E-state index in [9.17, 15) is 4.79 Å². The van der Waals surface area contributed by atoms with Crippen LogP contribution in [0.4, 0.5) is 0 Å². The standard InChI is InChI=1S/C23H28N2OS/c1-15-25-21(14-27-15)20-4-2-16(3-5-20)6-7-24-22(26)23-11-17-8-18(12-23)10-19(9-17)13-23/h2-5,14,17-19H,6-13H2,1H3,(H,24,26). The molecule has 4 aliphatic rings. The fraction of sp³-hybridized carbons (Fsp3) is 0.565. The maximum atomic E-state index is 13.0. The van der Waals surface area contributed by atoms with Crippen molar-refractivity contribution in [2.75, 3.05) is 6.54 Å². The van der Waals surface area contributed by atoms with E-state index in [2.05, 4.69) is 39.9 Å². The first-order chi connectivity index (χ1) is 13.1. The van der Waals surface area contributed by atoms with Crippen molar-refractivity contribution in [2.24, 2.45) is 23.2 Å². The monoisotopic (exact) mass is 380 g/mol. The Morgan fingerprint density at radius 1 is 1.11 bits per heavy atom. The Bertz CT molecular complexity index is 803. The van der Waals surface area contributed by atoms with Gasteiger partial charge < -0.3 is 5.32 Å². The third kappa shape index (κ3) is 3.33. The first kappa shape index (κ1) is 17.4. The van der Waals surface area contributed by atoms with Gasteiger partial charge in [0.1, 0.15) is 0 Å². The summed E-state index contributed by atoms with van der Waals surface area (Å²) in [7, 11) is 0. The van der Waals surface area contributed by atoms with Crippen LogP contribution in [0, 0.1) is 30.1 Å². The largest absolute Gasteiger partial charge is 0.355 e. The van der Waals surface area contributed by atoms with Crippen LogP contribution in [0.15, 0.2) is 29.6 Å². The van der Waals surface area contributed by atoms with Crippen molar-refractivity contribution in [1.82, 2.24) is 10.3 Å². The van der Waals surface area contributed by atoms with Gasteiger partial charge in [-0.2, -0.15) is 0 Å². The second-order valence-electron chi connectivity index (χ2n) is 9.15. The van der Waals surface area contributed by atoms with Crippen LogP contribution < -0.4 is 5.32 Å². The van der Waals surface area contributed by atoms with E-state index in [0.717, 1.165) is 60.7 Å². The maximum Gasteiger partial charge on any atom is 0.226 e. The number of nitrogens with one attached hydrogen (secondary N) is 1. The number of aryl methyl sites for hydroxylation is 1. The second-order valence-corrected chi connectivity index (χ2v) is 10.2. The van der Waals surface area contributed by atoms with Crippen LogP contribution in [0.25, 0.3) is 11.3 Å². The van der Waals surface area contributed by atoms with E-state index < -0.39 is 0 Å². The van der Waals surface area contributed by atoms with Gasteiger partial charge in [0.25, 0.3) is 0 Å². The normalized spacial score (nSPS) is 31.2.